The van der Waals surface area contributed by atoms with Crippen molar-refractivity contribution >= 4 is 17.4 Å². The van der Waals surface area contributed by atoms with Crippen LogP contribution in [0.15, 0.2) is 36.7 Å². The van der Waals surface area contributed by atoms with Crippen LogP contribution in [0, 0.1) is 0 Å². The highest BCUT2D eigenvalue weighted by atomic mass is 16.1. The molecular formula is C15H17N5O. The number of amides is 1. The highest BCUT2D eigenvalue weighted by molar-refractivity contribution is 5.95. The van der Waals surface area contributed by atoms with Crippen LogP contribution >= 0.6 is 0 Å². The van der Waals surface area contributed by atoms with Gasteiger partial charge in [0.2, 0.25) is 0 Å². The maximum Gasteiger partial charge on any atom is 0.271 e. The maximum atomic E-state index is 11.6. The summed E-state index contributed by atoms with van der Waals surface area (Å²) in [6.07, 6.45) is 5.19. The summed E-state index contributed by atoms with van der Waals surface area (Å²) in [4.78, 5) is 22.0. The molecule has 6 nitrogen and oxygen atoms in total. The van der Waals surface area contributed by atoms with Gasteiger partial charge in [0.25, 0.3) is 5.91 Å². The molecule has 0 saturated heterocycles. The second-order valence-electron chi connectivity index (χ2n) is 5.15. The van der Waals surface area contributed by atoms with Crippen LogP contribution in [0.25, 0.3) is 0 Å². The minimum atomic E-state index is -0.565. The van der Waals surface area contributed by atoms with Crippen molar-refractivity contribution in [3.63, 3.8) is 0 Å². The van der Waals surface area contributed by atoms with E-state index in [2.05, 4.69) is 14.9 Å². The molecule has 0 spiro atoms. The van der Waals surface area contributed by atoms with Crippen LogP contribution in [0.4, 0.5) is 11.5 Å². The van der Waals surface area contributed by atoms with Crippen LogP contribution in [-0.2, 0) is 6.54 Å². The van der Waals surface area contributed by atoms with Gasteiger partial charge >= 0.3 is 0 Å². The van der Waals surface area contributed by atoms with E-state index in [4.69, 9.17) is 11.5 Å². The summed E-state index contributed by atoms with van der Waals surface area (Å²) in [5.41, 5.74) is 13.4. The Labute approximate surface area is 122 Å². The van der Waals surface area contributed by atoms with E-state index < -0.39 is 5.91 Å². The monoisotopic (exact) mass is 283 g/mol. The van der Waals surface area contributed by atoms with Gasteiger partial charge in [0.15, 0.2) is 11.5 Å². The summed E-state index contributed by atoms with van der Waals surface area (Å²) in [7, 11) is 0. The van der Waals surface area contributed by atoms with Gasteiger partial charge in [0.05, 0.1) is 0 Å². The number of hydrogen-bond donors (Lipinski definition) is 2. The lowest BCUT2D eigenvalue weighted by molar-refractivity contribution is 0.0995. The van der Waals surface area contributed by atoms with E-state index >= 15 is 0 Å². The number of carbonyl (C=O) groups is 1. The van der Waals surface area contributed by atoms with Gasteiger partial charge in [-0.15, -0.1) is 0 Å². The first-order valence-electron chi connectivity index (χ1n) is 6.87. The van der Waals surface area contributed by atoms with Crippen molar-refractivity contribution in [1.82, 2.24) is 9.97 Å². The molecule has 0 atom stereocenters. The molecule has 1 aliphatic rings. The Morgan fingerprint density at radius 3 is 2.62 bits per heavy atom. The van der Waals surface area contributed by atoms with E-state index in [0.29, 0.717) is 18.4 Å². The van der Waals surface area contributed by atoms with Crippen molar-refractivity contribution in [1.29, 1.82) is 0 Å². The van der Waals surface area contributed by atoms with E-state index in [1.165, 1.54) is 6.20 Å². The van der Waals surface area contributed by atoms with Crippen LogP contribution in [0.2, 0.25) is 0 Å². The van der Waals surface area contributed by atoms with Gasteiger partial charge in [-0.1, -0.05) is 18.2 Å². The fraction of sp³-hybridized carbons (Fsp3) is 0.267. The quantitative estimate of drug-likeness (QED) is 0.807. The largest absolute Gasteiger partial charge is 0.398 e. The molecule has 6 heteroatoms. The molecule has 21 heavy (non-hydrogen) atoms. The summed E-state index contributed by atoms with van der Waals surface area (Å²) >= 11 is 0. The van der Waals surface area contributed by atoms with Gasteiger partial charge in [0, 0.05) is 30.7 Å². The van der Waals surface area contributed by atoms with E-state index in [1.54, 1.807) is 6.20 Å². The average molecular weight is 283 g/mol. The first-order valence-corrected chi connectivity index (χ1v) is 6.87. The number of carbonyl (C=O) groups excluding carboxylic acids is 1. The molecule has 1 amide bonds. The fourth-order valence-electron chi connectivity index (χ4n) is 2.34. The number of nitrogens with zero attached hydrogens (tertiary/aromatic N) is 3. The summed E-state index contributed by atoms with van der Waals surface area (Å²) in [6, 6.07) is 8.05. The molecule has 0 aliphatic heterocycles. The molecule has 1 saturated carbocycles. The topological polar surface area (TPSA) is 98.1 Å². The lowest BCUT2D eigenvalue weighted by Gasteiger charge is -2.25. The number of hydrogen-bond acceptors (Lipinski definition) is 5. The average Bonchev–Trinajstić information content (AvgIpc) is 3.31. The lowest BCUT2D eigenvalue weighted by Crippen LogP contribution is -2.30. The van der Waals surface area contributed by atoms with Crippen LogP contribution in [0.1, 0.15) is 28.9 Å². The van der Waals surface area contributed by atoms with Crippen LogP contribution < -0.4 is 16.4 Å². The number of aromatic nitrogens is 2. The molecule has 1 fully saturated rings. The van der Waals surface area contributed by atoms with E-state index in [-0.39, 0.29) is 5.69 Å². The molecule has 4 N–H and O–H groups in total. The van der Waals surface area contributed by atoms with Crippen LogP contribution in [0.5, 0.6) is 0 Å². The van der Waals surface area contributed by atoms with E-state index in [9.17, 15) is 4.79 Å². The Hall–Kier alpha value is -2.63. The Morgan fingerprint density at radius 2 is 1.95 bits per heavy atom. The first kappa shape index (κ1) is 13.4. The van der Waals surface area contributed by atoms with Gasteiger partial charge in [-0.25, -0.2) is 9.97 Å². The first-order chi connectivity index (χ1) is 10.2. The van der Waals surface area contributed by atoms with Gasteiger partial charge in [-0.05, 0) is 24.5 Å². The second kappa shape index (κ2) is 5.40. The number of anilines is 2. The minimum Gasteiger partial charge on any atom is -0.398 e. The minimum absolute atomic E-state index is 0.207. The molecule has 0 unspecified atom stereocenters. The van der Waals surface area contributed by atoms with Gasteiger partial charge in [0.1, 0.15) is 0 Å². The van der Waals surface area contributed by atoms with Crippen molar-refractivity contribution in [3.8, 4) is 0 Å². The molecule has 0 bridgehead atoms. The molecule has 2 aromatic rings. The number of primary amides is 1. The molecule has 108 valence electrons. The number of nitrogens with two attached hydrogens (primary N) is 2. The van der Waals surface area contributed by atoms with Crippen molar-refractivity contribution in [2.45, 2.75) is 25.4 Å². The molecule has 3 rings (SSSR count). The normalized spacial score (nSPS) is 13.9. The molecule has 1 aromatic heterocycles. The summed E-state index contributed by atoms with van der Waals surface area (Å²) in [5.74, 6) is -0.0273. The molecular weight excluding hydrogens is 266 g/mol. The molecule has 0 radical (unpaired) electrons. The highest BCUT2D eigenvalue weighted by Crippen LogP contribution is 2.33. The van der Waals surface area contributed by atoms with Gasteiger partial charge in [-0.3, -0.25) is 4.79 Å². The fourth-order valence-corrected chi connectivity index (χ4v) is 2.34. The van der Waals surface area contributed by atoms with Crippen molar-refractivity contribution in [3.05, 3.63) is 47.9 Å². The van der Waals surface area contributed by atoms with Crippen LogP contribution in [0.3, 0.4) is 0 Å². The molecule has 1 aliphatic carbocycles. The molecule has 1 heterocycles. The van der Waals surface area contributed by atoms with Gasteiger partial charge in [-0.2, -0.15) is 0 Å². The second-order valence-corrected chi connectivity index (χ2v) is 5.15. The third kappa shape index (κ3) is 2.79. The SMILES string of the molecule is NC(=O)c1nccnc1N(Cc1ccccc1N)C1CC1. The number of benzene rings is 1. The predicted octanol–water partition coefficient (Wildman–Crippen LogP) is 1.33. The zero-order valence-corrected chi connectivity index (χ0v) is 11.6. The summed E-state index contributed by atoms with van der Waals surface area (Å²) in [6.45, 7) is 0.594. The predicted molar refractivity (Wildman–Crippen MR) is 80.6 cm³/mol. The standard InChI is InChI=1S/C15H17N5O/c16-12-4-2-1-3-10(12)9-20(11-5-6-11)15-13(14(17)21)18-7-8-19-15/h1-4,7-8,11H,5-6,9,16H2,(H2,17,21). The summed E-state index contributed by atoms with van der Waals surface area (Å²) < 4.78 is 0. The van der Waals surface area contributed by atoms with Crippen molar-refractivity contribution in [2.75, 3.05) is 10.6 Å². The smallest absolute Gasteiger partial charge is 0.271 e. The third-order valence-electron chi connectivity index (χ3n) is 3.57. The van der Waals surface area contributed by atoms with E-state index in [0.717, 1.165) is 24.1 Å². The zero-order chi connectivity index (χ0) is 14.8. The lowest BCUT2D eigenvalue weighted by atomic mass is 10.1. The Kier molecular flexibility index (Phi) is 3.43. The Morgan fingerprint density at radius 1 is 1.24 bits per heavy atom. The highest BCUT2D eigenvalue weighted by Gasteiger charge is 2.32. The molecule has 1 aromatic carbocycles. The third-order valence-corrected chi connectivity index (χ3v) is 3.57. The number of nitrogen functional groups attached to an aromatic ring is 1. The summed E-state index contributed by atoms with van der Waals surface area (Å²) in [5, 5.41) is 0. The maximum absolute atomic E-state index is 11.6. The Bertz CT molecular complexity index is 669. The van der Waals surface area contributed by atoms with Crippen LogP contribution in [-0.4, -0.2) is 21.9 Å². The van der Waals surface area contributed by atoms with Gasteiger partial charge < -0.3 is 16.4 Å². The number of para-hydroxylation sites is 1. The van der Waals surface area contributed by atoms with Crippen molar-refractivity contribution < 1.29 is 4.79 Å². The zero-order valence-electron chi connectivity index (χ0n) is 11.6. The number of rotatable bonds is 5. The van der Waals surface area contributed by atoms with Crippen molar-refractivity contribution in [2.24, 2.45) is 5.73 Å². The van der Waals surface area contributed by atoms with E-state index in [1.807, 2.05) is 24.3 Å². The Balaban J connectivity index is 1.96.